The number of carboxylic acid groups (broad SMARTS) is 1. The molecule has 1 amide bonds. The van der Waals surface area contributed by atoms with E-state index in [0.717, 1.165) is 34.9 Å². The lowest BCUT2D eigenvalue weighted by Crippen LogP contribution is -2.30. The predicted octanol–water partition coefficient (Wildman–Crippen LogP) is 5.92. The highest BCUT2D eigenvalue weighted by molar-refractivity contribution is 6.30. The Morgan fingerprint density at radius 2 is 1.73 bits per heavy atom. The maximum atomic E-state index is 13.5. The van der Waals surface area contributed by atoms with Crippen molar-refractivity contribution < 1.29 is 14.7 Å². The minimum atomic E-state index is -0.957. The van der Waals surface area contributed by atoms with E-state index in [2.05, 4.69) is 9.88 Å². The molecule has 0 aliphatic heterocycles. The molecule has 1 heterocycles. The van der Waals surface area contributed by atoms with Gasteiger partial charge in [0.05, 0.1) is 22.7 Å². The van der Waals surface area contributed by atoms with E-state index < -0.39 is 5.97 Å². The van der Waals surface area contributed by atoms with Crippen LogP contribution in [-0.4, -0.2) is 21.6 Å². The minimum Gasteiger partial charge on any atom is -0.478 e. The van der Waals surface area contributed by atoms with Crippen molar-refractivity contribution in [3.8, 4) is 0 Å². The number of halogens is 1. The number of rotatable bonds is 7. The molecule has 5 rings (SSSR count). The predicted molar refractivity (Wildman–Crippen MR) is 129 cm³/mol. The number of aromatic nitrogens is 1. The van der Waals surface area contributed by atoms with Crippen LogP contribution in [-0.2, 0) is 6.54 Å². The van der Waals surface area contributed by atoms with Gasteiger partial charge in [-0.2, -0.15) is 0 Å². The first kappa shape index (κ1) is 21.3. The molecular formula is C27H23ClN2O3. The molecule has 33 heavy (non-hydrogen) atoms. The van der Waals surface area contributed by atoms with Gasteiger partial charge in [-0.15, -0.1) is 0 Å². The Morgan fingerprint density at radius 3 is 2.39 bits per heavy atom. The third kappa shape index (κ3) is 4.50. The number of benzene rings is 3. The highest BCUT2D eigenvalue weighted by atomic mass is 35.5. The van der Waals surface area contributed by atoms with Gasteiger partial charge in [0.2, 0.25) is 0 Å². The van der Waals surface area contributed by atoms with Gasteiger partial charge in [-0.3, -0.25) is 4.79 Å². The standard InChI is InChI=1S/C27H23ClN2O3/c28-22-12-4-17(5-13-22)16-30-15-14-20-2-1-3-23(25(20)30)26(31)29-24(18-6-7-18)19-8-10-21(11-9-19)27(32)33/h1-5,8-15,18,24H,6-7,16H2,(H,29,31)(H,32,33). The summed E-state index contributed by atoms with van der Waals surface area (Å²) < 4.78 is 2.08. The first-order valence-corrected chi connectivity index (χ1v) is 11.3. The molecule has 0 spiro atoms. The second-order valence-corrected chi connectivity index (χ2v) is 8.97. The molecule has 1 atom stereocenters. The van der Waals surface area contributed by atoms with E-state index in [-0.39, 0.29) is 17.5 Å². The molecule has 1 saturated carbocycles. The maximum Gasteiger partial charge on any atom is 0.335 e. The Bertz CT molecular complexity index is 1320. The number of carbonyl (C=O) groups is 2. The van der Waals surface area contributed by atoms with Gasteiger partial charge in [-0.25, -0.2) is 4.79 Å². The summed E-state index contributed by atoms with van der Waals surface area (Å²) in [6.07, 6.45) is 4.09. The molecule has 1 aliphatic carbocycles. The van der Waals surface area contributed by atoms with Crippen LogP contribution in [0.5, 0.6) is 0 Å². The van der Waals surface area contributed by atoms with Gasteiger partial charge < -0.3 is 15.0 Å². The molecule has 1 aromatic heterocycles. The number of hydrogen-bond donors (Lipinski definition) is 2. The summed E-state index contributed by atoms with van der Waals surface area (Å²) in [5.41, 5.74) is 3.78. The Hall–Kier alpha value is -3.57. The summed E-state index contributed by atoms with van der Waals surface area (Å²) in [6, 6.07) is 22.1. The monoisotopic (exact) mass is 458 g/mol. The molecular weight excluding hydrogens is 436 g/mol. The highest BCUT2D eigenvalue weighted by Gasteiger charge is 2.34. The van der Waals surface area contributed by atoms with Crippen LogP contribution in [0.15, 0.2) is 79.0 Å². The van der Waals surface area contributed by atoms with E-state index >= 15 is 0 Å². The smallest absolute Gasteiger partial charge is 0.335 e. The lowest BCUT2D eigenvalue weighted by Gasteiger charge is -2.20. The number of nitrogens with zero attached hydrogens (tertiary/aromatic N) is 1. The van der Waals surface area contributed by atoms with Crippen molar-refractivity contribution in [2.24, 2.45) is 5.92 Å². The van der Waals surface area contributed by atoms with Crippen LogP contribution < -0.4 is 5.32 Å². The molecule has 0 radical (unpaired) electrons. The molecule has 1 unspecified atom stereocenters. The van der Waals surface area contributed by atoms with Crippen molar-refractivity contribution in [1.82, 2.24) is 9.88 Å². The molecule has 5 nitrogen and oxygen atoms in total. The van der Waals surface area contributed by atoms with E-state index in [0.29, 0.717) is 23.0 Å². The summed E-state index contributed by atoms with van der Waals surface area (Å²) in [5, 5.41) is 14.1. The fourth-order valence-electron chi connectivity index (χ4n) is 4.32. The zero-order valence-electron chi connectivity index (χ0n) is 17.9. The summed E-state index contributed by atoms with van der Waals surface area (Å²) in [4.78, 5) is 24.7. The first-order valence-electron chi connectivity index (χ1n) is 11.0. The number of fused-ring (bicyclic) bond motifs is 1. The third-order valence-electron chi connectivity index (χ3n) is 6.20. The van der Waals surface area contributed by atoms with Gasteiger partial charge in [0.1, 0.15) is 0 Å². The average molecular weight is 459 g/mol. The molecule has 166 valence electrons. The number of nitrogens with one attached hydrogen (secondary N) is 1. The van der Waals surface area contributed by atoms with E-state index in [4.69, 9.17) is 11.6 Å². The van der Waals surface area contributed by atoms with Crippen LogP contribution in [0, 0.1) is 5.92 Å². The second kappa shape index (κ2) is 8.75. The van der Waals surface area contributed by atoms with Crippen molar-refractivity contribution in [1.29, 1.82) is 0 Å². The topological polar surface area (TPSA) is 71.3 Å². The van der Waals surface area contributed by atoms with Crippen molar-refractivity contribution in [2.75, 3.05) is 0 Å². The second-order valence-electron chi connectivity index (χ2n) is 8.53. The maximum absolute atomic E-state index is 13.5. The number of para-hydroxylation sites is 1. The van der Waals surface area contributed by atoms with E-state index in [1.54, 1.807) is 24.3 Å². The van der Waals surface area contributed by atoms with Gasteiger partial charge >= 0.3 is 5.97 Å². The van der Waals surface area contributed by atoms with Crippen LogP contribution >= 0.6 is 11.6 Å². The van der Waals surface area contributed by atoms with Gasteiger partial charge in [0.25, 0.3) is 5.91 Å². The first-order chi connectivity index (χ1) is 16.0. The summed E-state index contributed by atoms with van der Waals surface area (Å²) in [5.74, 6) is -0.720. The fraction of sp³-hybridized carbons (Fsp3) is 0.185. The van der Waals surface area contributed by atoms with Crippen LogP contribution in [0.25, 0.3) is 10.9 Å². The molecule has 0 saturated heterocycles. The van der Waals surface area contributed by atoms with E-state index in [1.165, 1.54) is 0 Å². The summed E-state index contributed by atoms with van der Waals surface area (Å²) in [6.45, 7) is 0.633. The van der Waals surface area contributed by atoms with Crippen molar-refractivity contribution >= 4 is 34.4 Å². The van der Waals surface area contributed by atoms with E-state index in [9.17, 15) is 14.7 Å². The Kier molecular flexibility index (Phi) is 5.65. The fourth-order valence-corrected chi connectivity index (χ4v) is 4.44. The van der Waals surface area contributed by atoms with Crippen LogP contribution in [0.4, 0.5) is 0 Å². The number of carboxylic acids is 1. The summed E-state index contributed by atoms with van der Waals surface area (Å²) >= 11 is 6.02. The lowest BCUT2D eigenvalue weighted by molar-refractivity contribution is 0.0696. The zero-order chi connectivity index (χ0) is 22.9. The Morgan fingerprint density at radius 1 is 1.00 bits per heavy atom. The number of aromatic carboxylic acids is 1. The molecule has 1 fully saturated rings. The number of amides is 1. The van der Waals surface area contributed by atoms with Crippen LogP contribution in [0.1, 0.15) is 50.7 Å². The van der Waals surface area contributed by atoms with E-state index in [1.807, 2.05) is 54.7 Å². The molecule has 1 aliphatic rings. The normalized spacial score (nSPS) is 14.2. The molecule has 6 heteroatoms. The molecule has 3 aromatic carbocycles. The van der Waals surface area contributed by atoms with Crippen LogP contribution in [0.3, 0.4) is 0 Å². The molecule has 4 aromatic rings. The third-order valence-corrected chi connectivity index (χ3v) is 6.45. The molecule has 0 bridgehead atoms. The quantitative estimate of drug-likeness (QED) is 0.361. The average Bonchev–Trinajstić information content (AvgIpc) is 3.59. The van der Waals surface area contributed by atoms with Gasteiger partial charge in [-0.1, -0.05) is 48.0 Å². The SMILES string of the molecule is O=C(O)c1ccc(C(NC(=O)c2cccc3ccn(Cc4ccc(Cl)cc4)c23)C2CC2)cc1. The Labute approximate surface area is 196 Å². The minimum absolute atomic E-state index is 0.129. The Balaban J connectivity index is 1.44. The largest absolute Gasteiger partial charge is 0.478 e. The van der Waals surface area contributed by atoms with Crippen molar-refractivity contribution in [3.63, 3.8) is 0 Å². The highest BCUT2D eigenvalue weighted by Crippen LogP contribution is 2.41. The van der Waals surface area contributed by atoms with Gasteiger partial charge in [-0.05, 0) is 66.3 Å². The number of carbonyl (C=O) groups excluding carboxylic acids is 1. The van der Waals surface area contributed by atoms with Crippen molar-refractivity contribution in [3.05, 3.63) is 106 Å². The molecule has 2 N–H and O–H groups in total. The van der Waals surface area contributed by atoms with Crippen LogP contribution in [0.2, 0.25) is 5.02 Å². The zero-order valence-corrected chi connectivity index (χ0v) is 18.6. The summed E-state index contributed by atoms with van der Waals surface area (Å²) in [7, 11) is 0. The van der Waals surface area contributed by atoms with Gasteiger partial charge in [0, 0.05) is 23.2 Å². The number of hydrogen-bond acceptors (Lipinski definition) is 2. The van der Waals surface area contributed by atoms with Crippen molar-refractivity contribution in [2.45, 2.75) is 25.4 Å². The van der Waals surface area contributed by atoms with Gasteiger partial charge in [0.15, 0.2) is 0 Å². The lowest BCUT2D eigenvalue weighted by atomic mass is 10.00.